The van der Waals surface area contributed by atoms with Gasteiger partial charge < -0.3 is 14.8 Å². The first-order valence-corrected chi connectivity index (χ1v) is 26.2. The van der Waals surface area contributed by atoms with Crippen LogP contribution in [0.15, 0.2) is 54.5 Å². The van der Waals surface area contributed by atoms with Gasteiger partial charge in [0.1, 0.15) is 24.0 Å². The number of benzene rings is 1. The smallest absolute Gasteiger partial charge is 0.321 e. The molecule has 10 nitrogen and oxygen atoms in total. The van der Waals surface area contributed by atoms with Gasteiger partial charge in [0.05, 0.1) is 4.90 Å². The number of halogens is 4. The predicted octanol–water partition coefficient (Wildman–Crippen LogP) is 7.50. The third-order valence-corrected chi connectivity index (χ3v) is 8.35. The van der Waals surface area contributed by atoms with E-state index in [1.165, 1.54) is 31.2 Å². The lowest BCUT2D eigenvalue weighted by Gasteiger charge is -2.36. The number of esters is 2. The monoisotopic (exact) mass is 1100 g/mol. The van der Waals surface area contributed by atoms with Crippen molar-refractivity contribution in [3.8, 4) is 0 Å². The molecule has 1 aromatic rings. The Hall–Kier alpha value is -0.200. The van der Waals surface area contributed by atoms with Gasteiger partial charge in [0.2, 0.25) is 5.91 Å². The number of hydrogen-bond donors (Lipinski definition) is 1. The van der Waals surface area contributed by atoms with E-state index in [1.54, 1.807) is 19.1 Å². The van der Waals surface area contributed by atoms with E-state index >= 15 is 0 Å². The Kier molecular flexibility index (Phi) is 19.5. The predicted molar refractivity (Wildman–Crippen MR) is 210 cm³/mol. The van der Waals surface area contributed by atoms with Crippen LogP contribution in [0.1, 0.15) is 52.5 Å². The molecule has 0 aliphatic carbocycles. The number of amides is 2. The Balaban J connectivity index is 0.000000782. The summed E-state index contributed by atoms with van der Waals surface area (Å²) >= 11 is 9.68. The second-order valence-electron chi connectivity index (χ2n) is 9.95. The molecule has 2 saturated heterocycles. The van der Waals surface area contributed by atoms with Crippen molar-refractivity contribution in [2.24, 2.45) is 10.8 Å². The van der Waals surface area contributed by atoms with Gasteiger partial charge in [-0.25, -0.2) is 12.7 Å². The Morgan fingerprint density at radius 3 is 1.84 bits per heavy atom. The Morgan fingerprint density at radius 2 is 1.39 bits per heavy atom. The zero-order chi connectivity index (χ0) is 33.1. The molecule has 1 aromatic carbocycles. The number of sulfonamides is 1. The summed E-state index contributed by atoms with van der Waals surface area (Å²) < 4.78 is 35.9. The molecule has 0 bridgehead atoms. The number of ether oxygens (including phenoxy) is 2. The normalized spacial score (nSPS) is 21.8. The Bertz CT molecular complexity index is 1280. The quantitative estimate of drug-likeness (QED) is 0.123. The fraction of sp³-hybridized carbons (Fsp3) is 0.500. The van der Waals surface area contributed by atoms with Crippen molar-refractivity contribution in [2.45, 2.75) is 58.8 Å². The Morgan fingerprint density at radius 1 is 0.932 bits per heavy atom. The second kappa shape index (κ2) is 19.6. The van der Waals surface area contributed by atoms with Crippen LogP contribution in [0.3, 0.4) is 0 Å². The first-order chi connectivity index (χ1) is 19.8. The lowest BCUT2D eigenvalue weighted by Crippen LogP contribution is -2.53. The molecule has 2 fully saturated rings. The molecule has 2 atom stereocenters. The maximum absolute atomic E-state index is 12.8. The molecule has 0 radical (unpaired) electrons. The number of carbonyl (C=O) groups is 4. The number of nitrogens with zero attached hydrogens (tertiary/aromatic N) is 1. The standard InChI is InChI=1S/C17H21NO5S.C10H15NO3.CH4.I4S/c1-4-12-23-16(20)17(3)10-5-11-18(15(17)19)24(21,22)14-8-6-13(2)7-9-14;1-3-7-14-9(13)10(2)5-4-6-11-8(10)12;;1-5(2,3)4/h4,6-9H,1,5,10-12H2,2-3H3;3H,1,4-7H2,2H3,(H,11,12);1H4;. The average Bonchev–Trinajstić information content (AvgIpc) is 2.93. The molecular weight excluding hydrogens is 1060 g/mol. The molecule has 1 N–H and O–H groups in total. The number of piperidine rings is 2. The average molecular weight is 1100 g/mol. The molecule has 44 heavy (non-hydrogen) atoms. The highest BCUT2D eigenvalue weighted by atomic mass is 127. The fourth-order valence-corrected chi connectivity index (χ4v) is 5.57. The number of nitrogens with one attached hydrogen (secondary N) is 1. The van der Waals surface area contributed by atoms with Gasteiger partial charge in [0.25, 0.3) is 15.9 Å². The van der Waals surface area contributed by atoms with Crippen LogP contribution in [0.4, 0.5) is 0 Å². The maximum atomic E-state index is 12.8. The topological polar surface area (TPSA) is 136 Å². The van der Waals surface area contributed by atoms with E-state index in [1.807, 2.05) is 6.92 Å². The van der Waals surface area contributed by atoms with E-state index < -0.39 is 38.7 Å². The summed E-state index contributed by atoms with van der Waals surface area (Å²) in [6, 6.07) is 6.25. The molecule has 250 valence electrons. The summed E-state index contributed by atoms with van der Waals surface area (Å²) in [6.45, 7) is 12.6. The molecule has 2 heterocycles. The minimum absolute atomic E-state index is 0. The van der Waals surface area contributed by atoms with Crippen LogP contribution in [0, 0.1) is 17.8 Å². The van der Waals surface area contributed by atoms with Crippen molar-refractivity contribution in [2.75, 3.05) is 26.3 Å². The number of aryl methyl sites for hydroxylation is 1. The number of hydrogen-bond acceptors (Lipinski definition) is 8. The molecule has 0 aromatic heterocycles. The van der Waals surface area contributed by atoms with E-state index in [0.29, 0.717) is 19.4 Å². The van der Waals surface area contributed by atoms with Crippen LogP contribution < -0.4 is 5.32 Å². The molecular formula is C28H40I4N2O8S2. The molecule has 16 heteroatoms. The number of carbonyl (C=O) groups excluding carboxylic acids is 4. The van der Waals surface area contributed by atoms with Crippen molar-refractivity contribution >= 4 is 117 Å². The summed E-state index contributed by atoms with van der Waals surface area (Å²) in [5.74, 6) is -2.17. The lowest BCUT2D eigenvalue weighted by atomic mass is 9.82. The largest absolute Gasteiger partial charge is 0.461 e. The first kappa shape index (κ1) is 43.8. The van der Waals surface area contributed by atoms with Gasteiger partial charge in [0, 0.05) is 97.9 Å². The SMILES string of the molecule is C.C=CCOC(=O)C1(C)CCCN(S(=O)(=O)c2ccc(C)cc2)C1=O.C=CCOC(=O)C1(C)CCCNC1=O.IS(I)(I)I. The van der Waals surface area contributed by atoms with Crippen LogP contribution in [0.25, 0.3) is 0 Å². The summed E-state index contributed by atoms with van der Waals surface area (Å²) in [7, 11) is -4.00. The third kappa shape index (κ3) is 13.1. The summed E-state index contributed by atoms with van der Waals surface area (Å²) in [5.41, 5.74) is -1.60. The van der Waals surface area contributed by atoms with Gasteiger partial charge in [-0.3, -0.25) is 19.2 Å². The van der Waals surface area contributed by atoms with Gasteiger partial charge in [-0.1, -0.05) is 50.4 Å². The van der Waals surface area contributed by atoms with E-state index in [-0.39, 0.29) is 43.1 Å². The molecule has 0 saturated carbocycles. The molecule has 2 aliphatic rings. The van der Waals surface area contributed by atoms with E-state index in [4.69, 9.17) is 9.47 Å². The highest BCUT2D eigenvalue weighted by Gasteiger charge is 2.50. The zero-order valence-corrected chi connectivity index (χ0v) is 34.3. The summed E-state index contributed by atoms with van der Waals surface area (Å²) in [4.78, 5) is 48.1. The van der Waals surface area contributed by atoms with E-state index in [0.717, 1.165) is 16.3 Å². The van der Waals surface area contributed by atoms with Crippen molar-refractivity contribution in [3.63, 3.8) is 0 Å². The maximum Gasteiger partial charge on any atom is 0.321 e. The highest BCUT2D eigenvalue weighted by Crippen LogP contribution is 2.77. The molecule has 0 spiro atoms. The lowest BCUT2D eigenvalue weighted by molar-refractivity contribution is -0.164. The summed E-state index contributed by atoms with van der Waals surface area (Å²) in [5, 5.41) is 2.66. The third-order valence-electron chi connectivity index (χ3n) is 6.55. The van der Waals surface area contributed by atoms with Crippen LogP contribution in [-0.2, 0) is 38.7 Å². The van der Waals surface area contributed by atoms with Gasteiger partial charge in [0.15, 0.2) is 0 Å². The second-order valence-corrected chi connectivity index (χ2v) is 58.7. The molecule has 2 amide bonds. The molecule has 2 aliphatic heterocycles. The van der Waals surface area contributed by atoms with Crippen LogP contribution in [0.5, 0.6) is 0 Å². The number of rotatable bonds is 8. The van der Waals surface area contributed by atoms with Crippen molar-refractivity contribution in [1.82, 2.24) is 9.62 Å². The molecule has 3 rings (SSSR count). The van der Waals surface area contributed by atoms with Gasteiger partial charge in [-0.15, -0.1) is 0 Å². The van der Waals surface area contributed by atoms with Crippen molar-refractivity contribution in [3.05, 3.63) is 55.1 Å². The minimum atomic E-state index is -4.00. The van der Waals surface area contributed by atoms with Crippen LogP contribution >= 0.6 is 83.5 Å². The van der Waals surface area contributed by atoms with Crippen molar-refractivity contribution in [1.29, 1.82) is 0 Å². The first-order valence-electron chi connectivity index (χ1n) is 12.9. The highest BCUT2D eigenvalue weighted by molar-refractivity contribution is 14.6. The minimum Gasteiger partial charge on any atom is -0.461 e. The van der Waals surface area contributed by atoms with Crippen LogP contribution in [0.2, 0.25) is 0 Å². The van der Waals surface area contributed by atoms with E-state index in [2.05, 4.69) is 103 Å². The van der Waals surface area contributed by atoms with E-state index in [9.17, 15) is 27.6 Å². The van der Waals surface area contributed by atoms with Crippen LogP contribution in [-0.4, -0.2) is 62.8 Å². The zero-order valence-electron chi connectivity index (χ0n) is 24.1. The Labute approximate surface area is 311 Å². The summed E-state index contributed by atoms with van der Waals surface area (Å²) in [6.07, 6.45) is 4.90. The molecule has 2 unspecified atom stereocenters. The van der Waals surface area contributed by atoms with Gasteiger partial charge in [-0.05, 0) is 57.3 Å². The van der Waals surface area contributed by atoms with Crippen molar-refractivity contribution < 1.29 is 37.1 Å². The van der Waals surface area contributed by atoms with Gasteiger partial charge in [-0.2, -0.15) is 0 Å². The fourth-order valence-electron chi connectivity index (χ4n) is 4.05. The van der Waals surface area contributed by atoms with Gasteiger partial charge >= 0.3 is 11.9 Å².